The van der Waals surface area contributed by atoms with Gasteiger partial charge in [0.15, 0.2) is 11.5 Å². The molecule has 0 aliphatic rings. The van der Waals surface area contributed by atoms with E-state index < -0.39 is 0 Å². The smallest absolute Gasteiger partial charge is 0.163 e. The van der Waals surface area contributed by atoms with Crippen LogP contribution >= 0.6 is 12.4 Å². The maximum absolute atomic E-state index is 13.8. The van der Waals surface area contributed by atoms with Gasteiger partial charge in [-0.15, -0.1) is 12.4 Å². The molecule has 0 heterocycles. The third-order valence-corrected chi connectivity index (χ3v) is 2.63. The molecule has 0 radical (unpaired) electrons. The van der Waals surface area contributed by atoms with Crippen LogP contribution in [0.5, 0.6) is 11.5 Å². The summed E-state index contributed by atoms with van der Waals surface area (Å²) in [5, 5.41) is 0. The number of hydrogen-bond donors (Lipinski definition) is 1. The van der Waals surface area contributed by atoms with Gasteiger partial charge in [-0.3, -0.25) is 0 Å². The van der Waals surface area contributed by atoms with Gasteiger partial charge < -0.3 is 15.2 Å². The minimum Gasteiger partial charge on any atom is -0.493 e. The number of halogens is 2. The summed E-state index contributed by atoms with van der Waals surface area (Å²) in [7, 11) is 3.00. The molecule has 0 saturated carbocycles. The fourth-order valence-electron chi connectivity index (χ4n) is 1.79. The van der Waals surface area contributed by atoms with Crippen LogP contribution < -0.4 is 15.2 Å². The Morgan fingerprint density at radius 3 is 2.11 bits per heavy atom. The van der Waals surface area contributed by atoms with Crippen LogP contribution in [0.1, 0.15) is 31.9 Å². The molecule has 1 atom stereocenters. The number of hydrogen-bond acceptors (Lipinski definition) is 3. The van der Waals surface area contributed by atoms with Crippen molar-refractivity contribution in [1.29, 1.82) is 0 Å². The van der Waals surface area contributed by atoms with E-state index in [9.17, 15) is 4.39 Å². The van der Waals surface area contributed by atoms with Crippen molar-refractivity contribution in [2.45, 2.75) is 26.3 Å². The first-order valence-electron chi connectivity index (χ1n) is 5.66. The SMILES string of the molecule is COc1cc(F)c([C@H](N)CC(C)C)cc1OC.Cl. The van der Waals surface area contributed by atoms with Crippen molar-refractivity contribution in [2.24, 2.45) is 11.7 Å². The van der Waals surface area contributed by atoms with Crippen molar-refractivity contribution < 1.29 is 13.9 Å². The number of benzene rings is 1. The van der Waals surface area contributed by atoms with E-state index in [0.717, 1.165) is 6.42 Å². The zero-order valence-corrected chi connectivity index (χ0v) is 12.0. The summed E-state index contributed by atoms with van der Waals surface area (Å²) in [5.74, 6) is 0.946. The Morgan fingerprint density at radius 2 is 1.67 bits per heavy atom. The minimum atomic E-state index is -0.351. The molecule has 5 heteroatoms. The van der Waals surface area contributed by atoms with Crippen molar-refractivity contribution in [3.63, 3.8) is 0 Å². The second-order valence-electron chi connectivity index (χ2n) is 4.46. The lowest BCUT2D eigenvalue weighted by Crippen LogP contribution is -2.15. The van der Waals surface area contributed by atoms with E-state index in [-0.39, 0.29) is 24.3 Å². The second kappa shape index (κ2) is 7.44. The summed E-state index contributed by atoms with van der Waals surface area (Å²) in [6.07, 6.45) is 0.729. The Hall–Kier alpha value is -1.00. The molecule has 3 nitrogen and oxygen atoms in total. The predicted molar refractivity (Wildman–Crippen MR) is 73.1 cm³/mol. The Bertz CT molecular complexity index is 385. The zero-order valence-electron chi connectivity index (χ0n) is 11.2. The third-order valence-electron chi connectivity index (χ3n) is 2.63. The average molecular weight is 278 g/mol. The molecule has 0 aliphatic heterocycles. The lowest BCUT2D eigenvalue weighted by molar-refractivity contribution is 0.350. The maximum atomic E-state index is 13.8. The molecule has 1 aromatic carbocycles. The summed E-state index contributed by atoms with van der Waals surface area (Å²) in [6, 6.07) is 2.60. The van der Waals surface area contributed by atoms with Gasteiger partial charge in [0.1, 0.15) is 5.82 Å². The van der Waals surface area contributed by atoms with Crippen LogP contribution in [0.25, 0.3) is 0 Å². The number of methoxy groups -OCH3 is 2. The Morgan fingerprint density at radius 1 is 1.17 bits per heavy atom. The molecule has 104 valence electrons. The average Bonchev–Trinajstić information content (AvgIpc) is 2.27. The van der Waals surface area contributed by atoms with Crippen molar-refractivity contribution in [2.75, 3.05) is 14.2 Å². The molecule has 18 heavy (non-hydrogen) atoms. The first-order chi connectivity index (χ1) is 7.99. The highest BCUT2D eigenvalue weighted by molar-refractivity contribution is 5.85. The van der Waals surface area contributed by atoms with Gasteiger partial charge in [-0.1, -0.05) is 13.8 Å². The van der Waals surface area contributed by atoms with Crippen LogP contribution in [0.4, 0.5) is 4.39 Å². The van der Waals surface area contributed by atoms with Gasteiger partial charge in [0.05, 0.1) is 14.2 Å². The molecule has 0 saturated heterocycles. The summed E-state index contributed by atoms with van der Waals surface area (Å²) < 4.78 is 24.0. The van der Waals surface area contributed by atoms with Gasteiger partial charge in [-0.05, 0) is 18.4 Å². The molecule has 0 aliphatic carbocycles. The molecule has 0 amide bonds. The van der Waals surface area contributed by atoms with E-state index >= 15 is 0 Å². The van der Waals surface area contributed by atoms with E-state index in [0.29, 0.717) is 23.0 Å². The quantitative estimate of drug-likeness (QED) is 0.898. The van der Waals surface area contributed by atoms with E-state index in [1.807, 2.05) is 0 Å². The minimum absolute atomic E-state index is 0. The molecule has 0 bridgehead atoms. The number of ether oxygens (including phenoxy) is 2. The van der Waals surface area contributed by atoms with Crippen LogP contribution in [-0.4, -0.2) is 14.2 Å². The van der Waals surface area contributed by atoms with Crippen LogP contribution in [0.15, 0.2) is 12.1 Å². The lowest BCUT2D eigenvalue weighted by Gasteiger charge is -2.17. The fraction of sp³-hybridized carbons (Fsp3) is 0.538. The predicted octanol–water partition coefficient (Wildman–Crippen LogP) is 3.31. The van der Waals surface area contributed by atoms with Crippen molar-refractivity contribution in [1.82, 2.24) is 0 Å². The standard InChI is InChI=1S/C13H20FNO2.ClH/c1-8(2)5-11(15)9-6-12(16-3)13(17-4)7-10(9)14;/h6-8,11H,5,15H2,1-4H3;1H/t11-;/m1./s1. The number of rotatable bonds is 5. The highest BCUT2D eigenvalue weighted by Crippen LogP contribution is 2.33. The van der Waals surface area contributed by atoms with E-state index in [1.165, 1.54) is 20.3 Å². The van der Waals surface area contributed by atoms with Crippen LogP contribution in [0, 0.1) is 11.7 Å². The van der Waals surface area contributed by atoms with E-state index in [4.69, 9.17) is 15.2 Å². The molecule has 1 aromatic rings. The summed E-state index contributed by atoms with van der Waals surface area (Å²) >= 11 is 0. The summed E-state index contributed by atoms with van der Waals surface area (Å²) in [5.41, 5.74) is 6.44. The molecule has 1 rings (SSSR count). The van der Waals surface area contributed by atoms with Gasteiger partial charge in [0, 0.05) is 17.7 Å². The molecule has 0 aromatic heterocycles. The van der Waals surface area contributed by atoms with Crippen LogP contribution in [0.2, 0.25) is 0 Å². The molecular weight excluding hydrogens is 257 g/mol. The topological polar surface area (TPSA) is 44.5 Å². The monoisotopic (exact) mass is 277 g/mol. The van der Waals surface area contributed by atoms with Gasteiger partial charge in [0.25, 0.3) is 0 Å². The van der Waals surface area contributed by atoms with Gasteiger partial charge in [0.2, 0.25) is 0 Å². The maximum Gasteiger partial charge on any atom is 0.163 e. The van der Waals surface area contributed by atoms with Gasteiger partial charge in [-0.2, -0.15) is 0 Å². The first kappa shape index (κ1) is 17.0. The largest absolute Gasteiger partial charge is 0.493 e. The number of nitrogens with two attached hydrogens (primary N) is 1. The molecule has 0 fully saturated rings. The van der Waals surface area contributed by atoms with Crippen LogP contribution in [-0.2, 0) is 0 Å². The normalized spacial score (nSPS) is 11.9. The van der Waals surface area contributed by atoms with Crippen LogP contribution in [0.3, 0.4) is 0 Å². The molecule has 0 spiro atoms. The summed E-state index contributed by atoms with van der Waals surface area (Å²) in [4.78, 5) is 0. The Labute approximate surface area is 114 Å². The lowest BCUT2D eigenvalue weighted by atomic mass is 9.97. The van der Waals surface area contributed by atoms with E-state index in [1.54, 1.807) is 6.07 Å². The van der Waals surface area contributed by atoms with Gasteiger partial charge in [-0.25, -0.2) is 4.39 Å². The highest BCUT2D eigenvalue weighted by Gasteiger charge is 2.17. The molecule has 0 unspecified atom stereocenters. The van der Waals surface area contributed by atoms with Crippen molar-refractivity contribution in [3.05, 3.63) is 23.5 Å². The Balaban J connectivity index is 0.00000289. The zero-order chi connectivity index (χ0) is 13.0. The van der Waals surface area contributed by atoms with Crippen molar-refractivity contribution >= 4 is 12.4 Å². The molecular formula is C13H21ClFNO2. The Kier molecular flexibility index (Phi) is 7.02. The summed E-state index contributed by atoms with van der Waals surface area (Å²) in [6.45, 7) is 4.11. The molecule has 2 N–H and O–H groups in total. The van der Waals surface area contributed by atoms with Crippen molar-refractivity contribution in [3.8, 4) is 11.5 Å². The first-order valence-corrected chi connectivity index (χ1v) is 5.66. The van der Waals surface area contributed by atoms with Gasteiger partial charge >= 0.3 is 0 Å². The van der Waals surface area contributed by atoms with E-state index in [2.05, 4.69) is 13.8 Å². The second-order valence-corrected chi connectivity index (χ2v) is 4.46. The third kappa shape index (κ3) is 4.03. The fourth-order valence-corrected chi connectivity index (χ4v) is 1.79. The highest BCUT2D eigenvalue weighted by atomic mass is 35.5.